The first-order chi connectivity index (χ1) is 9.31. The van der Waals surface area contributed by atoms with Crippen LogP contribution in [-0.2, 0) is 11.3 Å². The molecule has 0 spiro atoms. The monoisotopic (exact) mass is 279 g/mol. The smallest absolute Gasteiger partial charge is 0.135 e. The topological polar surface area (TPSA) is 34.4 Å². The zero-order chi connectivity index (χ0) is 13.5. The Balaban J connectivity index is 1.91. The predicted molar refractivity (Wildman–Crippen MR) is 77.4 cm³/mol. The SMILES string of the molecule is COCCCNCc1ccc(-c2ccccc2Cl)o1. The third-order valence-corrected chi connectivity index (χ3v) is 3.13. The molecule has 1 N–H and O–H groups in total. The summed E-state index contributed by atoms with van der Waals surface area (Å²) in [6.07, 6.45) is 0.995. The number of rotatable bonds is 7. The summed E-state index contributed by atoms with van der Waals surface area (Å²) in [6, 6.07) is 11.6. The summed E-state index contributed by atoms with van der Waals surface area (Å²) in [5, 5.41) is 4.01. The molecule has 0 aliphatic rings. The Labute approximate surface area is 118 Å². The van der Waals surface area contributed by atoms with Crippen LogP contribution < -0.4 is 5.32 Å². The zero-order valence-corrected chi connectivity index (χ0v) is 11.7. The summed E-state index contributed by atoms with van der Waals surface area (Å²) < 4.78 is 10.8. The molecule has 0 unspecified atom stereocenters. The lowest BCUT2D eigenvalue weighted by Gasteiger charge is -2.02. The number of methoxy groups -OCH3 is 1. The van der Waals surface area contributed by atoms with Crippen LogP contribution in [0.5, 0.6) is 0 Å². The molecule has 2 aromatic rings. The van der Waals surface area contributed by atoms with Crippen LogP contribution in [-0.4, -0.2) is 20.3 Å². The van der Waals surface area contributed by atoms with E-state index in [1.165, 1.54) is 0 Å². The molecule has 0 radical (unpaired) electrons. The number of hydrogen-bond donors (Lipinski definition) is 1. The van der Waals surface area contributed by atoms with Gasteiger partial charge in [0.1, 0.15) is 11.5 Å². The van der Waals surface area contributed by atoms with Gasteiger partial charge in [0, 0.05) is 19.3 Å². The lowest BCUT2D eigenvalue weighted by molar-refractivity contribution is 0.194. The molecule has 4 heteroatoms. The molecule has 0 saturated carbocycles. The Morgan fingerprint density at radius 3 is 2.84 bits per heavy atom. The predicted octanol–water partition coefficient (Wildman–Crippen LogP) is 3.73. The molecule has 3 nitrogen and oxygen atoms in total. The van der Waals surface area contributed by atoms with E-state index in [-0.39, 0.29) is 0 Å². The average Bonchev–Trinajstić information content (AvgIpc) is 2.88. The van der Waals surface area contributed by atoms with Crippen molar-refractivity contribution in [2.24, 2.45) is 0 Å². The summed E-state index contributed by atoms with van der Waals surface area (Å²) >= 11 is 6.14. The Morgan fingerprint density at radius 2 is 2.05 bits per heavy atom. The molecule has 0 atom stereocenters. The van der Waals surface area contributed by atoms with Gasteiger partial charge in [-0.1, -0.05) is 23.7 Å². The maximum atomic E-state index is 6.14. The normalized spacial score (nSPS) is 10.8. The summed E-state index contributed by atoms with van der Waals surface area (Å²) in [7, 11) is 1.71. The number of halogens is 1. The summed E-state index contributed by atoms with van der Waals surface area (Å²) in [6.45, 7) is 2.40. The molecular formula is C15H18ClNO2. The fourth-order valence-electron chi connectivity index (χ4n) is 1.83. The van der Waals surface area contributed by atoms with Crippen LogP contribution in [0.2, 0.25) is 5.02 Å². The summed E-state index contributed by atoms with van der Waals surface area (Å²) in [5.74, 6) is 1.71. The highest BCUT2D eigenvalue weighted by Crippen LogP contribution is 2.28. The summed E-state index contributed by atoms with van der Waals surface area (Å²) in [5.41, 5.74) is 0.926. The minimum absolute atomic E-state index is 0.705. The standard InChI is InChI=1S/C15H18ClNO2/c1-18-10-4-9-17-11-12-7-8-15(19-12)13-5-2-3-6-14(13)16/h2-3,5-8,17H,4,9-11H2,1H3. The maximum Gasteiger partial charge on any atom is 0.135 e. The minimum Gasteiger partial charge on any atom is -0.460 e. The lowest BCUT2D eigenvalue weighted by atomic mass is 10.2. The quantitative estimate of drug-likeness (QED) is 0.784. The Hall–Kier alpha value is -1.29. The first-order valence-corrected chi connectivity index (χ1v) is 6.72. The van der Waals surface area contributed by atoms with Crippen LogP contribution >= 0.6 is 11.6 Å². The molecule has 1 aromatic carbocycles. The van der Waals surface area contributed by atoms with Gasteiger partial charge in [0.2, 0.25) is 0 Å². The van der Waals surface area contributed by atoms with Gasteiger partial charge in [-0.2, -0.15) is 0 Å². The van der Waals surface area contributed by atoms with E-state index in [0.717, 1.165) is 36.7 Å². The highest BCUT2D eigenvalue weighted by Gasteiger charge is 2.07. The van der Waals surface area contributed by atoms with Crippen LogP contribution in [0, 0.1) is 0 Å². The molecule has 1 heterocycles. The third kappa shape index (κ3) is 4.10. The van der Waals surface area contributed by atoms with Gasteiger partial charge < -0.3 is 14.5 Å². The second-order valence-electron chi connectivity index (χ2n) is 4.27. The fourth-order valence-corrected chi connectivity index (χ4v) is 2.06. The second kappa shape index (κ2) is 7.34. The Morgan fingerprint density at radius 1 is 1.21 bits per heavy atom. The van der Waals surface area contributed by atoms with Crippen LogP contribution in [0.25, 0.3) is 11.3 Å². The van der Waals surface area contributed by atoms with E-state index in [1.54, 1.807) is 7.11 Å². The van der Waals surface area contributed by atoms with E-state index in [9.17, 15) is 0 Å². The molecular weight excluding hydrogens is 262 g/mol. The Bertz CT molecular complexity index is 510. The van der Waals surface area contributed by atoms with E-state index < -0.39 is 0 Å². The van der Waals surface area contributed by atoms with Crippen molar-refractivity contribution in [1.82, 2.24) is 5.32 Å². The van der Waals surface area contributed by atoms with Gasteiger partial charge in [-0.15, -0.1) is 0 Å². The van der Waals surface area contributed by atoms with Crippen molar-refractivity contribution in [3.63, 3.8) is 0 Å². The van der Waals surface area contributed by atoms with Crippen molar-refractivity contribution in [2.75, 3.05) is 20.3 Å². The van der Waals surface area contributed by atoms with Crippen molar-refractivity contribution in [3.05, 3.63) is 47.2 Å². The minimum atomic E-state index is 0.705. The van der Waals surface area contributed by atoms with Crippen molar-refractivity contribution < 1.29 is 9.15 Å². The van der Waals surface area contributed by atoms with Gasteiger partial charge in [-0.3, -0.25) is 0 Å². The zero-order valence-electron chi connectivity index (χ0n) is 11.0. The van der Waals surface area contributed by atoms with Gasteiger partial charge in [0.05, 0.1) is 11.6 Å². The van der Waals surface area contributed by atoms with Crippen LogP contribution in [0.15, 0.2) is 40.8 Å². The fraction of sp³-hybridized carbons (Fsp3) is 0.333. The average molecular weight is 280 g/mol. The van der Waals surface area contributed by atoms with E-state index in [1.807, 2.05) is 36.4 Å². The van der Waals surface area contributed by atoms with Crippen LogP contribution in [0.4, 0.5) is 0 Å². The highest BCUT2D eigenvalue weighted by molar-refractivity contribution is 6.33. The van der Waals surface area contributed by atoms with Gasteiger partial charge in [-0.05, 0) is 37.2 Å². The molecule has 0 amide bonds. The number of nitrogens with one attached hydrogen (secondary N) is 1. The molecule has 0 saturated heterocycles. The number of ether oxygens (including phenoxy) is 1. The van der Waals surface area contributed by atoms with E-state index in [0.29, 0.717) is 11.6 Å². The molecule has 1 aromatic heterocycles. The van der Waals surface area contributed by atoms with Crippen molar-refractivity contribution in [2.45, 2.75) is 13.0 Å². The number of furan rings is 1. The van der Waals surface area contributed by atoms with E-state index in [4.69, 9.17) is 20.8 Å². The largest absolute Gasteiger partial charge is 0.460 e. The van der Waals surface area contributed by atoms with E-state index >= 15 is 0 Å². The molecule has 19 heavy (non-hydrogen) atoms. The van der Waals surface area contributed by atoms with Gasteiger partial charge in [0.15, 0.2) is 0 Å². The van der Waals surface area contributed by atoms with Crippen molar-refractivity contribution in [1.29, 1.82) is 0 Å². The Kier molecular flexibility index (Phi) is 5.45. The molecule has 2 rings (SSSR count). The van der Waals surface area contributed by atoms with Gasteiger partial charge in [0.25, 0.3) is 0 Å². The lowest BCUT2D eigenvalue weighted by Crippen LogP contribution is -2.15. The molecule has 0 aliphatic carbocycles. The van der Waals surface area contributed by atoms with Gasteiger partial charge in [-0.25, -0.2) is 0 Å². The molecule has 102 valence electrons. The first-order valence-electron chi connectivity index (χ1n) is 6.34. The number of hydrogen-bond acceptors (Lipinski definition) is 3. The van der Waals surface area contributed by atoms with Crippen LogP contribution in [0.3, 0.4) is 0 Å². The highest BCUT2D eigenvalue weighted by atomic mass is 35.5. The van der Waals surface area contributed by atoms with Crippen molar-refractivity contribution >= 4 is 11.6 Å². The summed E-state index contributed by atoms with van der Waals surface area (Å²) in [4.78, 5) is 0. The third-order valence-electron chi connectivity index (χ3n) is 2.80. The maximum absolute atomic E-state index is 6.14. The van der Waals surface area contributed by atoms with Crippen molar-refractivity contribution in [3.8, 4) is 11.3 Å². The van der Waals surface area contributed by atoms with Gasteiger partial charge >= 0.3 is 0 Å². The second-order valence-corrected chi connectivity index (χ2v) is 4.68. The first kappa shape index (κ1) is 14.1. The van der Waals surface area contributed by atoms with Crippen LogP contribution in [0.1, 0.15) is 12.2 Å². The number of benzene rings is 1. The molecule has 0 fully saturated rings. The van der Waals surface area contributed by atoms with E-state index in [2.05, 4.69) is 5.32 Å². The molecule has 0 aliphatic heterocycles. The molecule has 0 bridgehead atoms.